The van der Waals surface area contributed by atoms with Gasteiger partial charge in [0.05, 0.1) is 10.7 Å². The van der Waals surface area contributed by atoms with Gasteiger partial charge in [-0.15, -0.1) is 0 Å². The molecule has 21 heavy (non-hydrogen) atoms. The van der Waals surface area contributed by atoms with E-state index in [1.54, 1.807) is 42.6 Å². The highest BCUT2D eigenvalue weighted by Gasteiger charge is 2.24. The molecule has 3 rings (SSSR count). The third-order valence-corrected chi connectivity index (χ3v) is 3.60. The lowest BCUT2D eigenvalue weighted by molar-refractivity contribution is -0.391. The monoisotopic (exact) mass is 367 g/mol. The number of pyridine rings is 1. The Kier molecular flexibility index (Phi) is 3.52. The molecule has 0 fully saturated rings. The Hall–Kier alpha value is -2.12. The lowest BCUT2D eigenvalue weighted by atomic mass is 10.3. The van der Waals surface area contributed by atoms with Crippen LogP contribution in [0.5, 0.6) is 11.6 Å². The minimum atomic E-state index is -0.529. The molecule has 0 unspecified atom stereocenters. The molecule has 2 heterocycles. The Balaban J connectivity index is 2.12. The van der Waals surface area contributed by atoms with E-state index >= 15 is 0 Å². The number of hydrogen-bond acceptors (Lipinski definition) is 4. The van der Waals surface area contributed by atoms with Crippen LogP contribution in [0, 0.1) is 10.1 Å². The highest BCUT2D eigenvalue weighted by molar-refractivity contribution is 9.10. The maximum Gasteiger partial charge on any atom is 0.392 e. The summed E-state index contributed by atoms with van der Waals surface area (Å²) in [4.78, 5) is 14.9. The molecule has 0 atom stereocenters. The van der Waals surface area contributed by atoms with Crippen LogP contribution in [0.25, 0.3) is 5.65 Å². The number of aromatic nitrogens is 2. The van der Waals surface area contributed by atoms with Gasteiger partial charge in [-0.1, -0.05) is 17.7 Å². The van der Waals surface area contributed by atoms with Gasteiger partial charge in [0.15, 0.2) is 0 Å². The number of fused-ring (bicyclic) bond motifs is 1. The Bertz CT molecular complexity index is 850. The normalized spacial score (nSPS) is 10.8. The smallest absolute Gasteiger partial charge is 0.392 e. The minimum absolute atomic E-state index is 0.0748. The van der Waals surface area contributed by atoms with Crippen molar-refractivity contribution in [1.29, 1.82) is 0 Å². The van der Waals surface area contributed by atoms with Crippen LogP contribution < -0.4 is 4.74 Å². The zero-order valence-electron chi connectivity index (χ0n) is 10.4. The van der Waals surface area contributed by atoms with Gasteiger partial charge in [0.1, 0.15) is 5.75 Å². The van der Waals surface area contributed by atoms with Crippen LogP contribution in [0.15, 0.2) is 47.1 Å². The van der Waals surface area contributed by atoms with E-state index in [-0.39, 0.29) is 11.7 Å². The van der Waals surface area contributed by atoms with Gasteiger partial charge in [0, 0.05) is 11.1 Å². The molecule has 0 spiro atoms. The Morgan fingerprint density at radius 2 is 2.14 bits per heavy atom. The lowest BCUT2D eigenvalue weighted by Crippen LogP contribution is -1.96. The van der Waals surface area contributed by atoms with Gasteiger partial charge in [-0.2, -0.15) is 9.38 Å². The van der Waals surface area contributed by atoms with Gasteiger partial charge in [-0.25, -0.2) is 0 Å². The predicted molar refractivity (Wildman–Crippen MR) is 81.1 cm³/mol. The second-order valence-electron chi connectivity index (χ2n) is 4.10. The van der Waals surface area contributed by atoms with E-state index < -0.39 is 4.92 Å². The number of hydrogen-bond donors (Lipinski definition) is 0. The van der Waals surface area contributed by atoms with E-state index in [9.17, 15) is 10.1 Å². The van der Waals surface area contributed by atoms with Crippen LogP contribution in [-0.2, 0) is 0 Å². The molecular formula is C13H7BrClN3O3. The van der Waals surface area contributed by atoms with Gasteiger partial charge in [0.25, 0.3) is 0 Å². The van der Waals surface area contributed by atoms with E-state index in [0.29, 0.717) is 20.9 Å². The van der Waals surface area contributed by atoms with Crippen molar-refractivity contribution in [2.45, 2.75) is 0 Å². The number of ether oxygens (including phenoxy) is 1. The number of imidazole rings is 1. The fourth-order valence-corrected chi connectivity index (χ4v) is 2.62. The molecule has 0 aliphatic carbocycles. The summed E-state index contributed by atoms with van der Waals surface area (Å²) in [5.74, 6) is 0.0904. The van der Waals surface area contributed by atoms with Gasteiger partial charge >= 0.3 is 11.7 Å². The number of rotatable bonds is 3. The average molecular weight is 369 g/mol. The molecule has 0 bridgehead atoms. The van der Waals surface area contributed by atoms with Gasteiger partial charge in [-0.3, -0.25) is 0 Å². The maximum absolute atomic E-state index is 11.3. The number of halogens is 2. The molecule has 0 aliphatic heterocycles. The quantitative estimate of drug-likeness (QED) is 0.506. The van der Waals surface area contributed by atoms with E-state index in [2.05, 4.69) is 20.9 Å². The third kappa shape index (κ3) is 2.57. The summed E-state index contributed by atoms with van der Waals surface area (Å²) in [6.07, 6.45) is 1.56. The summed E-state index contributed by atoms with van der Waals surface area (Å²) in [5.41, 5.74) is 0.435. The van der Waals surface area contributed by atoms with Crippen LogP contribution in [0.3, 0.4) is 0 Å². The molecule has 3 aromatic rings. The lowest BCUT2D eigenvalue weighted by Gasteiger charge is -2.05. The van der Waals surface area contributed by atoms with Crippen LogP contribution in [0.4, 0.5) is 5.82 Å². The largest absolute Gasteiger partial charge is 0.431 e. The summed E-state index contributed by atoms with van der Waals surface area (Å²) in [6, 6.07) is 9.97. The summed E-state index contributed by atoms with van der Waals surface area (Å²) in [5, 5.41) is 11.8. The summed E-state index contributed by atoms with van der Waals surface area (Å²) < 4.78 is 7.51. The van der Waals surface area contributed by atoms with Crippen molar-refractivity contribution in [2.24, 2.45) is 0 Å². The van der Waals surface area contributed by atoms with Crippen molar-refractivity contribution in [1.82, 2.24) is 9.38 Å². The molecule has 0 aliphatic rings. The molecule has 106 valence electrons. The molecule has 8 heteroatoms. The fraction of sp³-hybridized carbons (Fsp3) is 0. The highest BCUT2D eigenvalue weighted by Crippen LogP contribution is 2.36. The van der Waals surface area contributed by atoms with Gasteiger partial charge in [0.2, 0.25) is 5.65 Å². The van der Waals surface area contributed by atoms with E-state index in [1.807, 2.05) is 0 Å². The van der Waals surface area contributed by atoms with Crippen LogP contribution in [-0.4, -0.2) is 14.3 Å². The van der Waals surface area contributed by atoms with Crippen molar-refractivity contribution < 1.29 is 9.66 Å². The molecular weight excluding hydrogens is 362 g/mol. The van der Waals surface area contributed by atoms with Crippen LogP contribution in [0.2, 0.25) is 5.02 Å². The summed E-state index contributed by atoms with van der Waals surface area (Å²) in [7, 11) is 0. The number of nitro groups is 1. The first-order valence-electron chi connectivity index (χ1n) is 5.80. The number of nitrogens with zero attached hydrogens (tertiary/aromatic N) is 3. The molecule has 6 nitrogen and oxygen atoms in total. The van der Waals surface area contributed by atoms with Crippen LogP contribution >= 0.6 is 27.5 Å². The topological polar surface area (TPSA) is 69.7 Å². The zero-order valence-corrected chi connectivity index (χ0v) is 12.7. The first kappa shape index (κ1) is 13.8. The fourth-order valence-electron chi connectivity index (χ4n) is 1.86. The van der Waals surface area contributed by atoms with E-state index in [4.69, 9.17) is 16.3 Å². The SMILES string of the molecule is O=[N+]([O-])c1c(Oc2ccc(Cl)cc2Br)nc2ccccn12. The van der Waals surface area contributed by atoms with Crippen molar-refractivity contribution in [3.05, 3.63) is 62.2 Å². The second kappa shape index (κ2) is 5.34. The maximum atomic E-state index is 11.3. The molecule has 0 saturated heterocycles. The molecule has 2 aromatic heterocycles. The minimum Gasteiger partial charge on any atom is -0.431 e. The third-order valence-electron chi connectivity index (χ3n) is 2.75. The molecule has 0 radical (unpaired) electrons. The van der Waals surface area contributed by atoms with Crippen LogP contribution in [0.1, 0.15) is 0 Å². The summed E-state index contributed by atoms with van der Waals surface area (Å²) >= 11 is 9.15. The Morgan fingerprint density at radius 3 is 2.86 bits per heavy atom. The second-order valence-corrected chi connectivity index (χ2v) is 5.39. The van der Waals surface area contributed by atoms with Crippen molar-refractivity contribution in [3.8, 4) is 11.6 Å². The van der Waals surface area contributed by atoms with Gasteiger partial charge < -0.3 is 14.9 Å². The number of benzene rings is 1. The van der Waals surface area contributed by atoms with Crippen molar-refractivity contribution >= 4 is 39.0 Å². The first-order chi connectivity index (χ1) is 10.1. The van der Waals surface area contributed by atoms with Gasteiger partial charge in [-0.05, 0) is 45.1 Å². The Morgan fingerprint density at radius 1 is 1.33 bits per heavy atom. The standard InChI is InChI=1S/C13H7BrClN3O3/c14-9-7-8(15)4-5-10(9)21-12-13(18(19)20)17-6-2-1-3-11(17)16-12/h1-7H. The predicted octanol–water partition coefficient (Wildman–Crippen LogP) is 4.45. The summed E-state index contributed by atoms with van der Waals surface area (Å²) in [6.45, 7) is 0. The van der Waals surface area contributed by atoms with E-state index in [0.717, 1.165) is 0 Å². The van der Waals surface area contributed by atoms with E-state index in [1.165, 1.54) is 4.40 Å². The van der Waals surface area contributed by atoms with Crippen molar-refractivity contribution in [2.75, 3.05) is 0 Å². The van der Waals surface area contributed by atoms with Crippen molar-refractivity contribution in [3.63, 3.8) is 0 Å². The average Bonchev–Trinajstić information content (AvgIpc) is 2.80. The highest BCUT2D eigenvalue weighted by atomic mass is 79.9. The zero-order chi connectivity index (χ0) is 15.0. The molecule has 1 aromatic carbocycles. The molecule has 0 saturated carbocycles. The first-order valence-corrected chi connectivity index (χ1v) is 6.98. The molecule has 0 amide bonds. The molecule has 0 N–H and O–H groups in total. The Labute approximate surface area is 132 Å².